The number of hydrogen-bond acceptors (Lipinski definition) is 6. The lowest BCUT2D eigenvalue weighted by Gasteiger charge is -2.10. The molecule has 4 rings (SSSR count). The number of hydrogen-bond donors (Lipinski definition) is 0. The number of aromatic nitrogens is 3. The van der Waals surface area contributed by atoms with Gasteiger partial charge in [-0.2, -0.15) is 0 Å². The van der Waals surface area contributed by atoms with Crippen molar-refractivity contribution in [2.75, 3.05) is 18.0 Å². The number of benzene rings is 1. The summed E-state index contributed by atoms with van der Waals surface area (Å²) in [4.78, 5) is 7.03. The first kappa shape index (κ1) is 14.0. The summed E-state index contributed by atoms with van der Waals surface area (Å²) < 4.78 is 1.02. The van der Waals surface area contributed by atoms with Crippen LogP contribution in [-0.4, -0.2) is 28.3 Å². The van der Waals surface area contributed by atoms with Gasteiger partial charge in [0.2, 0.25) is 5.13 Å². The van der Waals surface area contributed by atoms with E-state index >= 15 is 0 Å². The van der Waals surface area contributed by atoms with E-state index in [1.165, 1.54) is 18.2 Å². The molecule has 112 valence electrons. The lowest BCUT2D eigenvalue weighted by atomic mass is 10.2. The van der Waals surface area contributed by atoms with Gasteiger partial charge in [-0.3, -0.25) is 4.98 Å². The molecule has 1 aliphatic heterocycles. The van der Waals surface area contributed by atoms with Crippen LogP contribution >= 0.6 is 23.1 Å². The third-order valence-corrected chi connectivity index (χ3v) is 5.92. The number of pyridine rings is 1. The second kappa shape index (κ2) is 6.22. The van der Waals surface area contributed by atoms with Gasteiger partial charge in [-0.05, 0) is 25.0 Å². The third kappa shape index (κ3) is 2.94. The maximum Gasteiger partial charge on any atom is 0.209 e. The fourth-order valence-electron chi connectivity index (χ4n) is 2.62. The lowest BCUT2D eigenvalue weighted by molar-refractivity contribution is 0.912. The van der Waals surface area contributed by atoms with Gasteiger partial charge in [0.25, 0.3) is 0 Å². The number of thioether (sulfide) groups is 1. The Morgan fingerprint density at radius 2 is 1.91 bits per heavy atom. The maximum atomic E-state index is 4.70. The average Bonchev–Trinajstić information content (AvgIpc) is 3.24. The van der Waals surface area contributed by atoms with Crippen molar-refractivity contribution in [2.24, 2.45) is 0 Å². The second-order valence-electron chi connectivity index (χ2n) is 5.33. The predicted molar refractivity (Wildman–Crippen MR) is 92.7 cm³/mol. The third-order valence-electron chi connectivity index (χ3n) is 3.77. The van der Waals surface area contributed by atoms with Gasteiger partial charge in [0.1, 0.15) is 0 Å². The topological polar surface area (TPSA) is 41.9 Å². The van der Waals surface area contributed by atoms with Crippen molar-refractivity contribution in [2.45, 2.75) is 22.9 Å². The summed E-state index contributed by atoms with van der Waals surface area (Å²) in [5.41, 5.74) is 2.14. The molecule has 1 saturated heterocycles. The normalized spacial score (nSPS) is 14.8. The smallest absolute Gasteiger partial charge is 0.209 e. The number of nitrogens with zero attached hydrogens (tertiary/aromatic N) is 4. The number of fused-ring (bicyclic) bond motifs is 1. The van der Waals surface area contributed by atoms with Crippen molar-refractivity contribution in [1.82, 2.24) is 15.2 Å². The van der Waals surface area contributed by atoms with Crippen LogP contribution in [0, 0.1) is 0 Å². The van der Waals surface area contributed by atoms with Crippen molar-refractivity contribution in [3.05, 3.63) is 42.1 Å². The Hall–Kier alpha value is -1.66. The fraction of sp³-hybridized carbons (Fsp3) is 0.312. The molecule has 0 unspecified atom stereocenters. The van der Waals surface area contributed by atoms with Crippen molar-refractivity contribution >= 4 is 39.1 Å². The second-order valence-corrected chi connectivity index (χ2v) is 7.51. The molecular weight excluding hydrogens is 312 g/mol. The van der Waals surface area contributed by atoms with Gasteiger partial charge in [0.15, 0.2) is 4.34 Å². The van der Waals surface area contributed by atoms with Crippen molar-refractivity contribution < 1.29 is 0 Å². The summed E-state index contributed by atoms with van der Waals surface area (Å²) in [6, 6.07) is 12.4. The molecular formula is C16H16N4S2. The van der Waals surface area contributed by atoms with Gasteiger partial charge in [-0.15, -0.1) is 10.2 Å². The largest absolute Gasteiger partial charge is 0.347 e. The summed E-state index contributed by atoms with van der Waals surface area (Å²) in [6.45, 7) is 2.23. The van der Waals surface area contributed by atoms with Crippen LogP contribution in [0.2, 0.25) is 0 Å². The molecule has 3 aromatic rings. The summed E-state index contributed by atoms with van der Waals surface area (Å²) in [7, 11) is 0. The highest BCUT2D eigenvalue weighted by atomic mass is 32.2. The molecule has 0 saturated carbocycles. The van der Waals surface area contributed by atoms with E-state index in [0.29, 0.717) is 0 Å². The van der Waals surface area contributed by atoms with E-state index in [1.54, 1.807) is 23.1 Å². The monoisotopic (exact) mass is 328 g/mol. The zero-order chi connectivity index (χ0) is 14.8. The minimum atomic E-state index is 0.833. The molecule has 0 bridgehead atoms. The van der Waals surface area contributed by atoms with Crippen LogP contribution in [0.15, 0.2) is 40.7 Å². The molecule has 2 aromatic heterocycles. The van der Waals surface area contributed by atoms with Gasteiger partial charge >= 0.3 is 0 Å². The van der Waals surface area contributed by atoms with Gasteiger partial charge in [-0.25, -0.2) is 0 Å². The first-order chi connectivity index (χ1) is 10.9. The Kier molecular flexibility index (Phi) is 3.95. The molecule has 3 heterocycles. The standard InChI is InChI=1S/C16H16N4S2/c1-2-6-14-12(5-1)7-8-13(17-14)11-21-16-19-18-15(22-16)20-9-3-4-10-20/h1-2,5-8H,3-4,9-11H2. The highest BCUT2D eigenvalue weighted by Crippen LogP contribution is 2.31. The van der Waals surface area contributed by atoms with E-state index in [2.05, 4.69) is 39.4 Å². The molecule has 22 heavy (non-hydrogen) atoms. The zero-order valence-corrected chi connectivity index (χ0v) is 13.7. The lowest BCUT2D eigenvalue weighted by Crippen LogP contribution is -2.17. The molecule has 1 fully saturated rings. The van der Waals surface area contributed by atoms with Crippen LogP contribution in [0.1, 0.15) is 18.5 Å². The van der Waals surface area contributed by atoms with E-state index in [9.17, 15) is 0 Å². The molecule has 1 aliphatic rings. The minimum absolute atomic E-state index is 0.833. The van der Waals surface area contributed by atoms with E-state index < -0.39 is 0 Å². The Morgan fingerprint density at radius 1 is 1.05 bits per heavy atom. The highest BCUT2D eigenvalue weighted by Gasteiger charge is 2.16. The summed E-state index contributed by atoms with van der Waals surface area (Å²) in [6.07, 6.45) is 2.53. The molecule has 0 atom stereocenters. The molecule has 6 heteroatoms. The van der Waals surface area contributed by atoms with E-state index in [-0.39, 0.29) is 0 Å². The van der Waals surface area contributed by atoms with E-state index in [1.807, 2.05) is 12.1 Å². The fourth-order valence-corrected chi connectivity index (χ4v) is 4.42. The first-order valence-corrected chi connectivity index (χ1v) is 9.25. The van der Waals surface area contributed by atoms with Crippen molar-refractivity contribution in [1.29, 1.82) is 0 Å². The average molecular weight is 328 g/mol. The number of rotatable bonds is 4. The molecule has 0 amide bonds. The van der Waals surface area contributed by atoms with Crippen LogP contribution in [0.4, 0.5) is 5.13 Å². The summed E-state index contributed by atoms with van der Waals surface area (Å²) in [5, 5.41) is 10.9. The summed E-state index contributed by atoms with van der Waals surface area (Å²) in [5.74, 6) is 0.833. The molecule has 0 spiro atoms. The molecule has 1 aromatic carbocycles. The predicted octanol–water partition coefficient (Wildman–Crippen LogP) is 3.98. The van der Waals surface area contributed by atoms with Gasteiger partial charge in [0, 0.05) is 24.2 Å². The van der Waals surface area contributed by atoms with Crippen molar-refractivity contribution in [3.63, 3.8) is 0 Å². The molecule has 0 N–H and O–H groups in total. The Bertz CT molecular complexity index is 780. The van der Waals surface area contributed by atoms with Crippen LogP contribution in [-0.2, 0) is 5.75 Å². The summed E-state index contributed by atoms with van der Waals surface area (Å²) >= 11 is 3.41. The van der Waals surface area contributed by atoms with E-state index in [4.69, 9.17) is 4.98 Å². The number of para-hydroxylation sites is 1. The zero-order valence-electron chi connectivity index (χ0n) is 12.1. The Morgan fingerprint density at radius 3 is 2.82 bits per heavy atom. The Labute approximate surface area is 137 Å². The number of anilines is 1. The van der Waals surface area contributed by atoms with E-state index in [0.717, 1.165) is 39.5 Å². The highest BCUT2D eigenvalue weighted by molar-refractivity contribution is 8.00. The molecule has 4 nitrogen and oxygen atoms in total. The molecule has 0 aliphatic carbocycles. The van der Waals surface area contributed by atoms with Crippen molar-refractivity contribution in [3.8, 4) is 0 Å². The first-order valence-electron chi connectivity index (χ1n) is 7.44. The minimum Gasteiger partial charge on any atom is -0.347 e. The SMILES string of the molecule is c1ccc2nc(CSc3nnc(N4CCCC4)s3)ccc2c1. The van der Waals surface area contributed by atoms with Crippen LogP contribution in [0.25, 0.3) is 10.9 Å². The maximum absolute atomic E-state index is 4.70. The van der Waals surface area contributed by atoms with Gasteiger partial charge in [-0.1, -0.05) is 47.4 Å². The Balaban J connectivity index is 1.44. The van der Waals surface area contributed by atoms with Gasteiger partial charge < -0.3 is 4.90 Å². The molecule has 0 radical (unpaired) electrons. The van der Waals surface area contributed by atoms with Crippen LogP contribution in [0.5, 0.6) is 0 Å². The quantitative estimate of drug-likeness (QED) is 0.678. The van der Waals surface area contributed by atoms with Gasteiger partial charge in [0.05, 0.1) is 11.2 Å². The van der Waals surface area contributed by atoms with Crippen LogP contribution < -0.4 is 4.90 Å². The van der Waals surface area contributed by atoms with Crippen LogP contribution in [0.3, 0.4) is 0 Å².